The molecule has 1 aromatic heterocycles. The Balaban J connectivity index is 2.27. The largest absolute Gasteiger partial charge is 0.493 e. The average Bonchev–Trinajstić information content (AvgIpc) is 2.60. The number of hydrogen-bond donors (Lipinski definition) is 1. The molecule has 1 aromatic rings. The van der Waals surface area contributed by atoms with Crippen molar-refractivity contribution in [2.24, 2.45) is 0 Å². The molecule has 0 spiro atoms. The summed E-state index contributed by atoms with van der Waals surface area (Å²) in [5, 5.41) is 8.58. The highest BCUT2D eigenvalue weighted by molar-refractivity contribution is 5.24. The Kier molecular flexibility index (Phi) is 4.40. The van der Waals surface area contributed by atoms with Gasteiger partial charge in [0.05, 0.1) is 13.4 Å². The van der Waals surface area contributed by atoms with Crippen molar-refractivity contribution in [1.29, 1.82) is 0 Å². The van der Waals surface area contributed by atoms with Crippen molar-refractivity contribution in [1.82, 2.24) is 0 Å². The molecule has 0 bridgehead atoms. The van der Waals surface area contributed by atoms with Crippen LogP contribution in [0.3, 0.4) is 0 Å². The molecule has 0 atom stereocenters. The number of rotatable bonds is 6. The van der Waals surface area contributed by atoms with Crippen molar-refractivity contribution in [3.8, 4) is 5.75 Å². The van der Waals surface area contributed by atoms with Crippen LogP contribution < -0.4 is 4.74 Å². The first-order chi connectivity index (χ1) is 6.38. The van der Waals surface area contributed by atoms with Crippen molar-refractivity contribution in [2.75, 3.05) is 13.7 Å². The highest BCUT2D eigenvalue weighted by Crippen LogP contribution is 2.21. The third-order valence-electron chi connectivity index (χ3n) is 1.99. The van der Waals surface area contributed by atoms with Crippen LogP contribution in [0, 0.1) is 0 Å². The van der Waals surface area contributed by atoms with Gasteiger partial charge in [-0.1, -0.05) is 6.42 Å². The molecule has 0 aromatic carbocycles. The molecule has 0 radical (unpaired) electrons. The second-order valence-corrected chi connectivity index (χ2v) is 2.95. The molecular formula is C10H16O3. The lowest BCUT2D eigenvalue weighted by Gasteiger charge is -2.00. The highest BCUT2D eigenvalue weighted by Gasteiger charge is 2.04. The molecular weight excluding hydrogens is 168 g/mol. The van der Waals surface area contributed by atoms with Crippen LogP contribution in [0.15, 0.2) is 16.7 Å². The standard InChI is InChI=1S/C10H16O3/c1-12-9-6-8-13-10(9)5-3-2-4-7-11/h6,8,11H,2-5,7H2,1H3. The van der Waals surface area contributed by atoms with E-state index in [9.17, 15) is 0 Å². The van der Waals surface area contributed by atoms with E-state index in [-0.39, 0.29) is 6.61 Å². The van der Waals surface area contributed by atoms with Crippen molar-refractivity contribution in [2.45, 2.75) is 25.7 Å². The molecule has 0 aliphatic rings. The quantitative estimate of drug-likeness (QED) is 0.687. The Morgan fingerprint density at radius 2 is 2.23 bits per heavy atom. The maximum atomic E-state index is 8.58. The Bertz CT molecular complexity index is 230. The second kappa shape index (κ2) is 5.65. The fraction of sp³-hybridized carbons (Fsp3) is 0.600. The van der Waals surface area contributed by atoms with Crippen LogP contribution >= 0.6 is 0 Å². The van der Waals surface area contributed by atoms with Crippen LogP contribution in [0.25, 0.3) is 0 Å². The van der Waals surface area contributed by atoms with Gasteiger partial charge in [0.2, 0.25) is 0 Å². The van der Waals surface area contributed by atoms with Gasteiger partial charge in [-0.2, -0.15) is 0 Å². The van der Waals surface area contributed by atoms with Crippen LogP contribution in [0.1, 0.15) is 25.0 Å². The summed E-state index contributed by atoms with van der Waals surface area (Å²) in [6, 6.07) is 1.82. The molecule has 3 nitrogen and oxygen atoms in total. The summed E-state index contributed by atoms with van der Waals surface area (Å²) in [7, 11) is 1.64. The van der Waals surface area contributed by atoms with E-state index >= 15 is 0 Å². The Morgan fingerprint density at radius 1 is 1.38 bits per heavy atom. The summed E-state index contributed by atoms with van der Waals surface area (Å²) in [6.45, 7) is 0.273. The second-order valence-electron chi connectivity index (χ2n) is 2.95. The molecule has 0 amide bonds. The molecule has 13 heavy (non-hydrogen) atoms. The number of methoxy groups -OCH3 is 1. The van der Waals surface area contributed by atoms with Crippen molar-refractivity contribution >= 4 is 0 Å². The van der Waals surface area contributed by atoms with E-state index in [1.165, 1.54) is 0 Å². The molecule has 1 heterocycles. The van der Waals surface area contributed by atoms with E-state index in [1.807, 2.05) is 6.07 Å². The number of ether oxygens (including phenoxy) is 1. The molecule has 1 N–H and O–H groups in total. The maximum Gasteiger partial charge on any atom is 0.160 e. The highest BCUT2D eigenvalue weighted by atomic mass is 16.5. The number of hydrogen-bond acceptors (Lipinski definition) is 3. The summed E-state index contributed by atoms with van der Waals surface area (Å²) in [6.07, 6.45) is 5.45. The minimum Gasteiger partial charge on any atom is -0.493 e. The first kappa shape index (κ1) is 10.1. The third-order valence-corrected chi connectivity index (χ3v) is 1.99. The van der Waals surface area contributed by atoms with Gasteiger partial charge in [0.25, 0.3) is 0 Å². The van der Waals surface area contributed by atoms with Crippen LogP contribution in [-0.2, 0) is 6.42 Å². The molecule has 0 unspecified atom stereocenters. The number of aliphatic hydroxyl groups excluding tert-OH is 1. The van der Waals surface area contributed by atoms with Crippen molar-refractivity contribution < 1.29 is 14.3 Å². The average molecular weight is 184 g/mol. The molecule has 0 saturated heterocycles. The lowest BCUT2D eigenvalue weighted by atomic mass is 10.1. The van der Waals surface area contributed by atoms with Gasteiger partial charge < -0.3 is 14.3 Å². The van der Waals surface area contributed by atoms with E-state index in [2.05, 4.69) is 0 Å². The van der Waals surface area contributed by atoms with Gasteiger partial charge in [-0.15, -0.1) is 0 Å². The zero-order valence-electron chi connectivity index (χ0n) is 7.95. The third kappa shape index (κ3) is 3.11. The zero-order valence-corrected chi connectivity index (χ0v) is 7.95. The van der Waals surface area contributed by atoms with Crippen LogP contribution in [-0.4, -0.2) is 18.8 Å². The van der Waals surface area contributed by atoms with Crippen LogP contribution in [0.4, 0.5) is 0 Å². The molecule has 0 aliphatic carbocycles. The van der Waals surface area contributed by atoms with Gasteiger partial charge in [0.15, 0.2) is 5.75 Å². The maximum absolute atomic E-state index is 8.58. The predicted molar refractivity (Wildman–Crippen MR) is 49.9 cm³/mol. The first-order valence-corrected chi connectivity index (χ1v) is 4.59. The summed E-state index contributed by atoms with van der Waals surface area (Å²) in [5.74, 6) is 1.73. The number of aryl methyl sites for hydroxylation is 1. The van der Waals surface area contributed by atoms with Crippen LogP contribution in [0.5, 0.6) is 5.75 Å². The van der Waals surface area contributed by atoms with Gasteiger partial charge in [-0.3, -0.25) is 0 Å². The predicted octanol–water partition coefficient (Wildman–Crippen LogP) is 1.99. The molecule has 0 saturated carbocycles. The van der Waals surface area contributed by atoms with E-state index in [4.69, 9.17) is 14.3 Å². The Morgan fingerprint density at radius 3 is 2.92 bits per heavy atom. The number of aliphatic hydroxyl groups is 1. The topological polar surface area (TPSA) is 42.6 Å². The minimum absolute atomic E-state index is 0.273. The van der Waals surface area contributed by atoms with E-state index in [0.29, 0.717) is 0 Å². The SMILES string of the molecule is COc1ccoc1CCCCCO. The van der Waals surface area contributed by atoms with Crippen LogP contribution in [0.2, 0.25) is 0 Å². The molecule has 0 aliphatic heterocycles. The van der Waals surface area contributed by atoms with E-state index in [1.54, 1.807) is 13.4 Å². The molecule has 74 valence electrons. The van der Waals surface area contributed by atoms with Gasteiger partial charge in [-0.05, 0) is 12.8 Å². The fourth-order valence-electron chi connectivity index (χ4n) is 1.27. The number of unbranched alkanes of at least 4 members (excludes halogenated alkanes) is 2. The lowest BCUT2D eigenvalue weighted by Crippen LogP contribution is -1.89. The van der Waals surface area contributed by atoms with Gasteiger partial charge in [0, 0.05) is 19.1 Å². The summed E-state index contributed by atoms with van der Waals surface area (Å²) in [4.78, 5) is 0. The van der Waals surface area contributed by atoms with E-state index < -0.39 is 0 Å². The van der Waals surface area contributed by atoms with Gasteiger partial charge >= 0.3 is 0 Å². The first-order valence-electron chi connectivity index (χ1n) is 4.59. The number of furan rings is 1. The van der Waals surface area contributed by atoms with Gasteiger partial charge in [0.1, 0.15) is 5.76 Å². The van der Waals surface area contributed by atoms with Crippen molar-refractivity contribution in [3.05, 3.63) is 18.1 Å². The fourth-order valence-corrected chi connectivity index (χ4v) is 1.27. The summed E-state index contributed by atoms with van der Waals surface area (Å²) >= 11 is 0. The lowest BCUT2D eigenvalue weighted by molar-refractivity contribution is 0.282. The summed E-state index contributed by atoms with van der Waals surface area (Å²) < 4.78 is 10.3. The zero-order chi connectivity index (χ0) is 9.52. The molecule has 0 fully saturated rings. The van der Waals surface area contributed by atoms with E-state index in [0.717, 1.165) is 37.2 Å². The van der Waals surface area contributed by atoms with Crippen molar-refractivity contribution in [3.63, 3.8) is 0 Å². The normalized spacial score (nSPS) is 10.3. The smallest absolute Gasteiger partial charge is 0.160 e. The monoisotopic (exact) mass is 184 g/mol. The Labute approximate surface area is 78.3 Å². The molecule has 1 rings (SSSR count). The van der Waals surface area contributed by atoms with Gasteiger partial charge in [-0.25, -0.2) is 0 Å². The minimum atomic E-state index is 0.273. The Hall–Kier alpha value is -0.960. The summed E-state index contributed by atoms with van der Waals surface area (Å²) in [5.41, 5.74) is 0. The molecule has 3 heteroatoms.